The first-order chi connectivity index (χ1) is 16.3. The third kappa shape index (κ3) is 3.77. The Hall–Kier alpha value is -2.90. The number of hydrogen-bond acceptors (Lipinski definition) is 3. The van der Waals surface area contributed by atoms with Crippen LogP contribution in [0.2, 0.25) is 0 Å². The molecule has 3 saturated heterocycles. The van der Waals surface area contributed by atoms with Crippen molar-refractivity contribution in [1.82, 2.24) is 4.98 Å². The van der Waals surface area contributed by atoms with Crippen molar-refractivity contribution in [3.05, 3.63) is 83.8 Å². The first kappa shape index (κ1) is 22.9. The molecule has 0 radical (unpaired) electrons. The van der Waals surface area contributed by atoms with Crippen molar-refractivity contribution in [2.75, 3.05) is 20.2 Å². The summed E-state index contributed by atoms with van der Waals surface area (Å²) in [6, 6.07) is 8.50. The molecular weight excluding hydrogens is 441 g/mol. The lowest BCUT2D eigenvalue weighted by atomic mass is 9.71. The zero-order valence-corrected chi connectivity index (χ0v) is 19.1. The number of rotatable bonds is 6. The van der Waals surface area contributed by atoms with Crippen molar-refractivity contribution in [3.63, 3.8) is 0 Å². The number of ether oxygens (including phenoxy) is 1. The highest BCUT2D eigenvalue weighted by atomic mass is 19.1. The van der Waals surface area contributed by atoms with E-state index in [1.165, 1.54) is 0 Å². The van der Waals surface area contributed by atoms with Crippen molar-refractivity contribution in [2.45, 2.75) is 31.5 Å². The lowest BCUT2D eigenvalue weighted by Crippen LogP contribution is -2.67. The number of methoxy groups -OCH3 is 1. The van der Waals surface area contributed by atoms with E-state index in [0.29, 0.717) is 41.2 Å². The number of halogens is 3. The Bertz CT molecular complexity index is 1230. The number of nitrogens with zero attached hydrogens (tertiary/aromatic N) is 2. The minimum absolute atomic E-state index is 0.0447. The van der Waals surface area contributed by atoms with Gasteiger partial charge in [0.1, 0.15) is 41.9 Å². The molecule has 0 spiro atoms. The number of hydrogen-bond donors (Lipinski definition) is 1. The van der Waals surface area contributed by atoms with Crippen LogP contribution in [0.4, 0.5) is 13.2 Å². The SMILES string of the molecule is C=CC1C[N+]2(Cc3c(F)cc(F)cc3F)CCC1C[C@H]2[C@H](O)c1ccnc2ccc(OC)cc12. The molecule has 6 rings (SSSR count). The van der Waals surface area contributed by atoms with Gasteiger partial charge in [-0.1, -0.05) is 6.08 Å². The van der Waals surface area contributed by atoms with Gasteiger partial charge in [-0.2, -0.15) is 0 Å². The third-order valence-corrected chi connectivity index (χ3v) is 7.92. The maximum absolute atomic E-state index is 14.7. The maximum Gasteiger partial charge on any atom is 0.137 e. The van der Waals surface area contributed by atoms with E-state index in [4.69, 9.17) is 4.74 Å². The Kier molecular flexibility index (Phi) is 5.86. The first-order valence-electron chi connectivity index (χ1n) is 11.6. The molecule has 34 heavy (non-hydrogen) atoms. The quantitative estimate of drug-likeness (QED) is 0.393. The molecule has 3 aromatic rings. The third-order valence-electron chi connectivity index (χ3n) is 7.92. The van der Waals surface area contributed by atoms with E-state index >= 15 is 0 Å². The second-order valence-electron chi connectivity index (χ2n) is 9.61. The average Bonchev–Trinajstić information content (AvgIpc) is 2.85. The highest BCUT2D eigenvalue weighted by molar-refractivity contribution is 5.83. The zero-order valence-electron chi connectivity index (χ0n) is 19.1. The molecule has 7 heteroatoms. The molecule has 3 unspecified atom stereocenters. The summed E-state index contributed by atoms with van der Waals surface area (Å²) in [5.41, 5.74) is 1.32. The van der Waals surface area contributed by atoms with Crippen LogP contribution in [0.25, 0.3) is 10.9 Å². The summed E-state index contributed by atoms with van der Waals surface area (Å²) in [7, 11) is 1.58. The summed E-state index contributed by atoms with van der Waals surface area (Å²) in [5.74, 6) is -1.51. The van der Waals surface area contributed by atoms with Crippen LogP contribution < -0.4 is 4.74 Å². The number of benzene rings is 2. The van der Waals surface area contributed by atoms with Crippen molar-refractivity contribution in [2.24, 2.45) is 11.8 Å². The first-order valence-corrected chi connectivity index (χ1v) is 11.6. The van der Waals surface area contributed by atoms with Crippen LogP contribution in [0, 0.1) is 29.3 Å². The van der Waals surface area contributed by atoms with Crippen LogP contribution in [-0.2, 0) is 6.54 Å². The summed E-state index contributed by atoms with van der Waals surface area (Å²) in [6.07, 6.45) is 4.30. The summed E-state index contributed by atoms with van der Waals surface area (Å²) in [5, 5.41) is 12.5. The lowest BCUT2D eigenvalue weighted by Gasteiger charge is -2.58. The standard InChI is InChI=1S/C27H28F3N2O2/c1-3-16-14-32(15-22-23(29)11-18(28)12-24(22)30)9-7-17(16)10-26(32)27(33)20-6-8-31-25-5-4-19(34-2)13-21(20)25/h3-6,8,11-13,16-17,26-27,33H,1,7,9-10,14-15H2,2H3/q+1/t16?,17?,26-,27+,32?/m0/s1. The molecule has 2 aromatic carbocycles. The Morgan fingerprint density at radius 2 is 1.97 bits per heavy atom. The van der Waals surface area contributed by atoms with Crippen LogP contribution in [0.3, 0.4) is 0 Å². The van der Waals surface area contributed by atoms with Gasteiger partial charge in [0.15, 0.2) is 0 Å². The normalized spacial score (nSPS) is 27.0. The van der Waals surface area contributed by atoms with Crippen molar-refractivity contribution >= 4 is 10.9 Å². The monoisotopic (exact) mass is 469 g/mol. The molecule has 2 bridgehead atoms. The van der Waals surface area contributed by atoms with Crippen LogP contribution in [-0.4, -0.2) is 40.8 Å². The van der Waals surface area contributed by atoms with Gasteiger partial charge in [0, 0.05) is 42.5 Å². The highest BCUT2D eigenvalue weighted by Crippen LogP contribution is 2.48. The highest BCUT2D eigenvalue weighted by Gasteiger charge is 2.54. The van der Waals surface area contributed by atoms with Gasteiger partial charge in [-0.15, -0.1) is 6.58 Å². The fourth-order valence-electron chi connectivity index (χ4n) is 6.16. The molecule has 3 aliphatic rings. The fraction of sp³-hybridized carbons (Fsp3) is 0.370. The van der Waals surface area contributed by atoms with Gasteiger partial charge >= 0.3 is 0 Å². The van der Waals surface area contributed by atoms with E-state index in [9.17, 15) is 18.3 Å². The molecule has 4 nitrogen and oxygen atoms in total. The predicted octanol–water partition coefficient (Wildman–Crippen LogP) is 5.31. The fourth-order valence-corrected chi connectivity index (χ4v) is 6.16. The van der Waals surface area contributed by atoms with E-state index in [0.717, 1.165) is 29.5 Å². The van der Waals surface area contributed by atoms with Crippen LogP contribution in [0.15, 0.2) is 55.3 Å². The summed E-state index contributed by atoms with van der Waals surface area (Å²) < 4.78 is 48.7. The molecule has 3 aliphatic heterocycles. The van der Waals surface area contributed by atoms with E-state index in [-0.39, 0.29) is 24.1 Å². The lowest BCUT2D eigenvalue weighted by molar-refractivity contribution is -0.985. The summed E-state index contributed by atoms with van der Waals surface area (Å²) >= 11 is 0. The molecule has 1 N–H and O–H groups in total. The molecule has 1 aromatic heterocycles. The number of quaternary nitrogens is 1. The van der Waals surface area contributed by atoms with Gasteiger partial charge < -0.3 is 14.3 Å². The Morgan fingerprint density at radius 1 is 1.21 bits per heavy atom. The second kappa shape index (κ2) is 8.71. The largest absolute Gasteiger partial charge is 0.497 e. The van der Waals surface area contributed by atoms with E-state index < -0.39 is 23.6 Å². The summed E-state index contributed by atoms with van der Waals surface area (Å²) in [4.78, 5) is 4.41. The maximum atomic E-state index is 14.7. The molecule has 0 aliphatic carbocycles. The number of piperidine rings is 3. The average molecular weight is 470 g/mol. The van der Waals surface area contributed by atoms with Gasteiger partial charge in [0.25, 0.3) is 0 Å². The smallest absolute Gasteiger partial charge is 0.137 e. The Balaban J connectivity index is 1.59. The predicted molar refractivity (Wildman–Crippen MR) is 123 cm³/mol. The second-order valence-corrected chi connectivity index (χ2v) is 9.61. The van der Waals surface area contributed by atoms with Crippen LogP contribution in [0.1, 0.15) is 30.1 Å². The van der Waals surface area contributed by atoms with Crippen molar-refractivity contribution < 1.29 is 27.5 Å². The van der Waals surface area contributed by atoms with Gasteiger partial charge in [-0.05, 0) is 35.7 Å². The zero-order chi connectivity index (χ0) is 24.0. The Labute approximate surface area is 196 Å². The molecular formula is C27H28F3N2O2+. The molecule has 4 heterocycles. The molecule has 5 atom stereocenters. The van der Waals surface area contributed by atoms with E-state index in [1.54, 1.807) is 19.4 Å². The number of aliphatic hydroxyl groups excluding tert-OH is 1. The van der Waals surface area contributed by atoms with Crippen LogP contribution >= 0.6 is 0 Å². The van der Waals surface area contributed by atoms with Gasteiger partial charge in [0.05, 0.1) is 31.3 Å². The molecule has 0 amide bonds. The van der Waals surface area contributed by atoms with E-state index in [2.05, 4.69) is 11.6 Å². The Morgan fingerprint density at radius 3 is 2.68 bits per heavy atom. The minimum Gasteiger partial charge on any atom is -0.497 e. The molecule has 3 fully saturated rings. The molecule has 0 saturated carbocycles. The number of aromatic nitrogens is 1. The topological polar surface area (TPSA) is 42.4 Å². The minimum atomic E-state index is -0.936. The molecule has 178 valence electrons. The number of aliphatic hydroxyl groups is 1. The van der Waals surface area contributed by atoms with Crippen LogP contribution in [0.5, 0.6) is 5.75 Å². The number of fused-ring (bicyclic) bond motifs is 4. The van der Waals surface area contributed by atoms with Crippen molar-refractivity contribution in [1.29, 1.82) is 0 Å². The van der Waals surface area contributed by atoms with E-state index in [1.807, 2.05) is 24.3 Å². The van der Waals surface area contributed by atoms with Crippen molar-refractivity contribution in [3.8, 4) is 5.75 Å². The van der Waals surface area contributed by atoms with Gasteiger partial charge in [-0.3, -0.25) is 4.98 Å². The van der Waals surface area contributed by atoms with Gasteiger partial charge in [-0.25, -0.2) is 13.2 Å². The summed E-state index contributed by atoms with van der Waals surface area (Å²) in [6.45, 7) is 5.33. The number of pyridine rings is 1. The van der Waals surface area contributed by atoms with Gasteiger partial charge in [0.2, 0.25) is 0 Å².